The molecule has 0 bridgehead atoms. The van der Waals surface area contributed by atoms with Gasteiger partial charge in [-0.25, -0.2) is 4.98 Å². The Morgan fingerprint density at radius 1 is 1.32 bits per heavy atom. The van der Waals surface area contributed by atoms with Crippen LogP contribution in [0.4, 0.5) is 5.69 Å². The summed E-state index contributed by atoms with van der Waals surface area (Å²) in [6.45, 7) is -0.193. The second-order valence-electron chi connectivity index (χ2n) is 5.17. The summed E-state index contributed by atoms with van der Waals surface area (Å²) in [6, 6.07) is 6.62. The number of nitrogens with one attached hydrogen (secondary N) is 1. The summed E-state index contributed by atoms with van der Waals surface area (Å²) in [5, 5.41) is 9.28. The largest absolute Gasteiger partial charge is 0.484 e. The highest BCUT2D eigenvalue weighted by Crippen LogP contribution is 2.23. The van der Waals surface area contributed by atoms with Crippen LogP contribution in [-0.4, -0.2) is 33.2 Å². The summed E-state index contributed by atoms with van der Waals surface area (Å²) >= 11 is 1.38. The Bertz CT molecular complexity index is 901. The number of nitrogens with two attached hydrogens (primary N) is 1. The van der Waals surface area contributed by atoms with Gasteiger partial charge in [0.05, 0.1) is 6.20 Å². The molecule has 0 aliphatic carbocycles. The maximum absolute atomic E-state index is 12.3. The minimum Gasteiger partial charge on any atom is -0.484 e. The van der Waals surface area contributed by atoms with E-state index in [2.05, 4.69) is 15.4 Å². The Balaban J connectivity index is 1.64. The summed E-state index contributed by atoms with van der Waals surface area (Å²) in [5.74, 6) is -0.369. The number of ether oxygens (including phenoxy) is 1. The molecule has 0 fully saturated rings. The number of benzene rings is 1. The fourth-order valence-corrected chi connectivity index (χ4v) is 2.80. The van der Waals surface area contributed by atoms with E-state index in [0.29, 0.717) is 17.1 Å². The van der Waals surface area contributed by atoms with Crippen molar-refractivity contribution in [3.8, 4) is 16.3 Å². The molecule has 0 aliphatic rings. The molecule has 0 aliphatic heterocycles. The molecule has 0 saturated carbocycles. The topological polar surface area (TPSA) is 112 Å². The molecule has 0 spiro atoms. The summed E-state index contributed by atoms with van der Waals surface area (Å²) in [4.78, 5) is 27.3. The molecule has 9 heteroatoms. The zero-order valence-corrected chi connectivity index (χ0v) is 14.1. The predicted octanol–water partition coefficient (Wildman–Crippen LogP) is 1.66. The molecule has 128 valence electrons. The highest BCUT2D eigenvalue weighted by molar-refractivity contribution is 7.13. The quantitative estimate of drug-likeness (QED) is 0.697. The van der Waals surface area contributed by atoms with Gasteiger partial charge in [-0.3, -0.25) is 14.3 Å². The number of aromatic nitrogens is 3. The number of hydrogen-bond donors (Lipinski definition) is 2. The number of aryl methyl sites for hydroxylation is 1. The zero-order chi connectivity index (χ0) is 17.8. The van der Waals surface area contributed by atoms with Crippen LogP contribution in [0.2, 0.25) is 0 Å². The highest BCUT2D eigenvalue weighted by Gasteiger charge is 2.13. The Kier molecular flexibility index (Phi) is 4.75. The third-order valence-corrected chi connectivity index (χ3v) is 4.07. The lowest BCUT2D eigenvalue weighted by Crippen LogP contribution is -2.20. The first kappa shape index (κ1) is 16.7. The smallest absolute Gasteiger partial charge is 0.275 e. The van der Waals surface area contributed by atoms with Crippen molar-refractivity contribution < 1.29 is 14.3 Å². The second-order valence-corrected chi connectivity index (χ2v) is 6.03. The first-order chi connectivity index (χ1) is 12.0. The van der Waals surface area contributed by atoms with Crippen molar-refractivity contribution in [2.45, 2.75) is 0 Å². The van der Waals surface area contributed by atoms with E-state index in [0.717, 1.165) is 10.6 Å². The molecule has 3 aromatic rings. The lowest BCUT2D eigenvalue weighted by atomic mass is 10.3. The van der Waals surface area contributed by atoms with Crippen LogP contribution in [0.3, 0.4) is 0 Å². The molecule has 2 amide bonds. The second kappa shape index (κ2) is 7.14. The molecule has 8 nitrogen and oxygen atoms in total. The van der Waals surface area contributed by atoms with E-state index in [1.165, 1.54) is 11.3 Å². The number of hydrogen-bond acceptors (Lipinski definition) is 6. The average molecular weight is 357 g/mol. The molecule has 0 atom stereocenters. The van der Waals surface area contributed by atoms with Crippen LogP contribution in [0.5, 0.6) is 5.75 Å². The van der Waals surface area contributed by atoms with Crippen LogP contribution in [0, 0.1) is 0 Å². The van der Waals surface area contributed by atoms with Crippen LogP contribution < -0.4 is 15.8 Å². The molecular weight excluding hydrogens is 342 g/mol. The minimum atomic E-state index is -0.551. The van der Waals surface area contributed by atoms with E-state index in [1.807, 2.05) is 13.2 Å². The van der Waals surface area contributed by atoms with E-state index in [4.69, 9.17) is 10.5 Å². The van der Waals surface area contributed by atoms with Gasteiger partial charge < -0.3 is 15.8 Å². The summed E-state index contributed by atoms with van der Waals surface area (Å²) in [7, 11) is 1.82. The van der Waals surface area contributed by atoms with E-state index in [-0.39, 0.29) is 12.5 Å². The number of carbonyl (C=O) groups excluding carboxylic acids is 2. The van der Waals surface area contributed by atoms with Crippen molar-refractivity contribution in [3.63, 3.8) is 0 Å². The SMILES string of the molecule is Cn1cc(-c2nc(C(=O)Nc3ccc(OCC(N)=O)cc3)cs2)cn1. The number of amides is 2. The maximum Gasteiger partial charge on any atom is 0.275 e. The standard InChI is InChI=1S/C16H15N5O3S/c1-21-7-10(6-18-21)16-20-13(9-25-16)15(23)19-11-2-4-12(5-3-11)24-8-14(17)22/h2-7,9H,8H2,1H3,(H2,17,22)(H,19,23). The van der Waals surface area contributed by atoms with Crippen LogP contribution in [0.1, 0.15) is 10.5 Å². The molecule has 0 unspecified atom stereocenters. The van der Waals surface area contributed by atoms with Crippen molar-refractivity contribution in [3.05, 3.63) is 47.7 Å². The van der Waals surface area contributed by atoms with Crippen molar-refractivity contribution in [1.82, 2.24) is 14.8 Å². The number of primary amides is 1. The number of carbonyl (C=O) groups is 2. The minimum absolute atomic E-state index is 0.193. The van der Waals surface area contributed by atoms with Crippen molar-refractivity contribution in [2.75, 3.05) is 11.9 Å². The normalized spacial score (nSPS) is 10.4. The lowest BCUT2D eigenvalue weighted by molar-refractivity contribution is -0.119. The van der Waals surface area contributed by atoms with E-state index >= 15 is 0 Å². The molecule has 3 rings (SSSR count). The molecule has 0 saturated heterocycles. The monoisotopic (exact) mass is 357 g/mol. The molecule has 2 aromatic heterocycles. The van der Waals surface area contributed by atoms with E-state index < -0.39 is 5.91 Å². The van der Waals surface area contributed by atoms with Gasteiger partial charge in [-0.2, -0.15) is 5.10 Å². The maximum atomic E-state index is 12.3. The number of nitrogens with zero attached hydrogens (tertiary/aromatic N) is 3. The van der Waals surface area contributed by atoms with Crippen molar-refractivity contribution in [1.29, 1.82) is 0 Å². The van der Waals surface area contributed by atoms with Gasteiger partial charge in [0.1, 0.15) is 16.5 Å². The summed E-state index contributed by atoms with van der Waals surface area (Å²) in [5.41, 5.74) is 6.80. The first-order valence-electron chi connectivity index (χ1n) is 7.28. The van der Waals surface area contributed by atoms with Crippen LogP contribution >= 0.6 is 11.3 Å². The Morgan fingerprint density at radius 3 is 2.72 bits per heavy atom. The predicted molar refractivity (Wildman–Crippen MR) is 93.4 cm³/mol. The third kappa shape index (κ3) is 4.21. The summed E-state index contributed by atoms with van der Waals surface area (Å²) < 4.78 is 6.84. The lowest BCUT2D eigenvalue weighted by Gasteiger charge is -2.06. The third-order valence-electron chi connectivity index (χ3n) is 3.18. The molecule has 3 N–H and O–H groups in total. The fraction of sp³-hybridized carbons (Fsp3) is 0.125. The van der Waals surface area contributed by atoms with Crippen LogP contribution in [0.25, 0.3) is 10.6 Å². The van der Waals surface area contributed by atoms with Gasteiger partial charge in [-0.05, 0) is 24.3 Å². The molecular formula is C16H15N5O3S. The van der Waals surface area contributed by atoms with Crippen molar-refractivity contribution in [2.24, 2.45) is 12.8 Å². The molecule has 0 radical (unpaired) electrons. The molecule has 25 heavy (non-hydrogen) atoms. The first-order valence-corrected chi connectivity index (χ1v) is 8.16. The van der Waals surface area contributed by atoms with Crippen molar-refractivity contribution >= 4 is 28.8 Å². The van der Waals surface area contributed by atoms with Crippen LogP contribution in [0.15, 0.2) is 42.0 Å². The Labute approximate surface area is 147 Å². The van der Waals surface area contributed by atoms with Gasteiger partial charge in [0.15, 0.2) is 6.61 Å². The van der Waals surface area contributed by atoms with Gasteiger partial charge >= 0.3 is 0 Å². The zero-order valence-electron chi connectivity index (χ0n) is 13.3. The highest BCUT2D eigenvalue weighted by atomic mass is 32.1. The Hall–Kier alpha value is -3.20. The molecule has 2 heterocycles. The van der Waals surface area contributed by atoms with Gasteiger partial charge in [-0.1, -0.05) is 0 Å². The number of rotatable bonds is 6. The summed E-state index contributed by atoms with van der Waals surface area (Å²) in [6.07, 6.45) is 3.54. The van der Waals surface area contributed by atoms with Gasteiger partial charge in [0.2, 0.25) is 0 Å². The van der Waals surface area contributed by atoms with E-state index in [1.54, 1.807) is 40.5 Å². The number of anilines is 1. The van der Waals surface area contributed by atoms with Crippen LogP contribution in [-0.2, 0) is 11.8 Å². The fourth-order valence-electron chi connectivity index (χ4n) is 2.03. The number of thiazole rings is 1. The molecule has 1 aromatic carbocycles. The van der Waals surface area contributed by atoms with Gasteiger partial charge in [0, 0.05) is 29.9 Å². The van der Waals surface area contributed by atoms with Gasteiger partial charge in [-0.15, -0.1) is 11.3 Å². The van der Waals surface area contributed by atoms with Gasteiger partial charge in [0.25, 0.3) is 11.8 Å². The van der Waals surface area contributed by atoms with E-state index in [9.17, 15) is 9.59 Å². The Morgan fingerprint density at radius 2 is 2.08 bits per heavy atom. The average Bonchev–Trinajstić information content (AvgIpc) is 3.23.